The fourth-order valence-corrected chi connectivity index (χ4v) is 11.6. The summed E-state index contributed by atoms with van der Waals surface area (Å²) >= 11 is 0. The second-order valence-corrected chi connectivity index (χ2v) is 18.5. The van der Waals surface area contributed by atoms with Crippen molar-refractivity contribution in [2.45, 2.75) is 62.3 Å². The van der Waals surface area contributed by atoms with Crippen LogP contribution in [-0.2, 0) is 0 Å². The number of aryl methyl sites for hydroxylation is 7. The zero-order chi connectivity index (χ0) is 43.9. The molecule has 0 bridgehead atoms. The highest BCUT2D eigenvalue weighted by Gasteiger charge is 2.43. The van der Waals surface area contributed by atoms with Crippen LogP contribution in [0.1, 0.15) is 50.3 Å². The van der Waals surface area contributed by atoms with Crippen LogP contribution >= 0.6 is 0 Å². The lowest BCUT2D eigenvalue weighted by Gasteiger charge is -2.36. The monoisotopic (exact) mass is 826 g/mol. The largest absolute Gasteiger partial charge is 0.314 e. The summed E-state index contributed by atoms with van der Waals surface area (Å²) in [5.74, 6) is 0. The van der Waals surface area contributed by atoms with Crippen LogP contribution in [0.15, 0.2) is 146 Å². The molecule has 5 heteroatoms. The zero-order valence-electron chi connectivity index (χ0n) is 38.2. The molecular formula is C59H51BN4. The van der Waals surface area contributed by atoms with Crippen LogP contribution in [0.2, 0.25) is 0 Å². The molecule has 4 heterocycles. The molecule has 2 aromatic heterocycles. The van der Waals surface area contributed by atoms with E-state index in [2.05, 4.69) is 227 Å². The Morgan fingerprint density at radius 2 is 0.828 bits per heavy atom. The van der Waals surface area contributed by atoms with E-state index in [0.717, 1.165) is 0 Å². The molecule has 0 N–H and O–H groups in total. The van der Waals surface area contributed by atoms with Crippen LogP contribution in [0.5, 0.6) is 0 Å². The molecular weight excluding hydrogens is 775 g/mol. The van der Waals surface area contributed by atoms with Gasteiger partial charge in [0.15, 0.2) is 0 Å². The third-order valence-corrected chi connectivity index (χ3v) is 14.9. The minimum Gasteiger partial charge on any atom is -0.314 e. The topological polar surface area (TPSA) is 16.3 Å². The molecule has 0 saturated heterocycles. The van der Waals surface area contributed by atoms with Gasteiger partial charge in [-0.2, -0.15) is 0 Å². The minimum atomic E-state index is 0.0157. The Bertz CT molecular complexity index is 3550. The first-order chi connectivity index (χ1) is 31.0. The number of benzene rings is 8. The Labute approximate surface area is 376 Å². The predicted molar refractivity (Wildman–Crippen MR) is 274 cm³/mol. The van der Waals surface area contributed by atoms with Crippen LogP contribution in [0.3, 0.4) is 0 Å². The summed E-state index contributed by atoms with van der Waals surface area (Å²) in [5.41, 5.74) is 28.0. The fourth-order valence-electron chi connectivity index (χ4n) is 11.6. The van der Waals surface area contributed by atoms with E-state index in [0.29, 0.717) is 0 Å². The van der Waals surface area contributed by atoms with Gasteiger partial charge in [-0.05, 0) is 160 Å². The summed E-state index contributed by atoms with van der Waals surface area (Å²) < 4.78 is 5.26. The third kappa shape index (κ3) is 5.12. The van der Waals surface area contributed by atoms with Gasteiger partial charge < -0.3 is 18.9 Å². The van der Waals surface area contributed by atoms with Gasteiger partial charge in [0.05, 0.1) is 28.1 Å². The van der Waals surface area contributed by atoms with Crippen molar-refractivity contribution in [3.8, 4) is 11.4 Å². The maximum atomic E-state index is 2.64. The molecule has 0 amide bonds. The van der Waals surface area contributed by atoms with Crippen molar-refractivity contribution in [1.82, 2.24) is 9.13 Å². The Kier molecular flexibility index (Phi) is 8.34. The average Bonchev–Trinajstić information content (AvgIpc) is 3.72. The van der Waals surface area contributed by atoms with Gasteiger partial charge in [-0.1, -0.05) is 109 Å². The van der Waals surface area contributed by atoms with Gasteiger partial charge >= 0.3 is 0 Å². The summed E-state index contributed by atoms with van der Waals surface area (Å²) in [7, 11) is 0. The molecule has 0 radical (unpaired) electrons. The lowest BCUT2D eigenvalue weighted by molar-refractivity contribution is 1.02. The lowest BCUT2D eigenvalue weighted by atomic mass is 9.34. The van der Waals surface area contributed by atoms with Crippen molar-refractivity contribution in [3.63, 3.8) is 0 Å². The maximum absolute atomic E-state index is 2.64. The van der Waals surface area contributed by atoms with Crippen LogP contribution in [0.25, 0.3) is 44.0 Å². The summed E-state index contributed by atoms with van der Waals surface area (Å²) in [6.45, 7) is 20.5. The third-order valence-electron chi connectivity index (χ3n) is 14.9. The van der Waals surface area contributed by atoms with Gasteiger partial charge in [-0.25, -0.2) is 0 Å². The van der Waals surface area contributed by atoms with Crippen LogP contribution < -0.4 is 26.2 Å². The molecule has 0 unspecified atom stereocenters. The van der Waals surface area contributed by atoms with Gasteiger partial charge in [0.25, 0.3) is 6.71 Å². The highest BCUT2D eigenvalue weighted by Crippen LogP contribution is 2.49. The molecule has 0 atom stereocenters. The van der Waals surface area contributed by atoms with E-state index in [9.17, 15) is 0 Å². The van der Waals surface area contributed by atoms with E-state index in [1.807, 2.05) is 0 Å². The van der Waals surface area contributed by atoms with Crippen molar-refractivity contribution < 1.29 is 0 Å². The molecule has 2 aliphatic heterocycles. The summed E-state index contributed by atoms with van der Waals surface area (Å²) in [6.07, 6.45) is 0. The quantitative estimate of drug-likeness (QED) is 0.155. The number of hydrogen-bond acceptors (Lipinski definition) is 2. The molecule has 8 aromatic carbocycles. The van der Waals surface area contributed by atoms with Gasteiger partial charge in [0, 0.05) is 56.0 Å². The van der Waals surface area contributed by atoms with Gasteiger partial charge in [-0.15, -0.1) is 0 Å². The number of hydrogen-bond donors (Lipinski definition) is 0. The molecule has 64 heavy (non-hydrogen) atoms. The van der Waals surface area contributed by atoms with E-state index >= 15 is 0 Å². The Balaban J connectivity index is 1.22. The second kappa shape index (κ2) is 13.9. The molecule has 4 nitrogen and oxygen atoms in total. The molecule has 0 spiro atoms. The van der Waals surface area contributed by atoms with E-state index in [1.165, 1.54) is 145 Å². The van der Waals surface area contributed by atoms with E-state index in [-0.39, 0.29) is 6.71 Å². The molecule has 10 aromatic rings. The predicted octanol–water partition coefficient (Wildman–Crippen LogP) is 13.6. The molecule has 0 aliphatic carbocycles. The lowest BCUT2D eigenvalue weighted by Crippen LogP contribution is -2.59. The van der Waals surface area contributed by atoms with E-state index in [1.54, 1.807) is 0 Å². The van der Waals surface area contributed by atoms with E-state index in [4.69, 9.17) is 0 Å². The highest BCUT2D eigenvalue weighted by atomic mass is 15.2. The van der Waals surface area contributed by atoms with Crippen LogP contribution in [0.4, 0.5) is 34.1 Å². The molecule has 0 saturated carbocycles. The van der Waals surface area contributed by atoms with Gasteiger partial charge in [0.1, 0.15) is 0 Å². The van der Waals surface area contributed by atoms with Crippen LogP contribution in [0, 0.1) is 62.3 Å². The van der Waals surface area contributed by atoms with Crippen molar-refractivity contribution in [2.75, 3.05) is 9.80 Å². The molecule has 0 fully saturated rings. The maximum Gasteiger partial charge on any atom is 0.252 e. The number of aromatic nitrogens is 2. The molecule has 310 valence electrons. The number of nitrogens with zero attached hydrogens (tertiary/aromatic N) is 4. The number of fused-ring (bicyclic) bond motifs is 6. The Morgan fingerprint density at radius 3 is 1.28 bits per heavy atom. The number of para-hydroxylation sites is 4. The Hall–Kier alpha value is -7.24. The first kappa shape index (κ1) is 38.4. The number of anilines is 6. The smallest absolute Gasteiger partial charge is 0.252 e. The number of rotatable bonds is 6. The summed E-state index contributed by atoms with van der Waals surface area (Å²) in [4.78, 5) is 5.04. The van der Waals surface area contributed by atoms with E-state index < -0.39 is 0 Å². The normalized spacial score (nSPS) is 12.4. The fraction of sp³-hybridized carbons (Fsp3) is 0.153. The summed E-state index contributed by atoms with van der Waals surface area (Å²) in [6, 6.07) is 54.7. The van der Waals surface area contributed by atoms with Gasteiger partial charge in [-0.3, -0.25) is 0 Å². The first-order valence-electron chi connectivity index (χ1n) is 22.7. The highest BCUT2D eigenvalue weighted by molar-refractivity contribution is 7.00. The molecule has 12 rings (SSSR count). The minimum absolute atomic E-state index is 0.0157. The average molecular weight is 827 g/mol. The SMILES string of the molecule is Cc1ccc2c3c4c(cc2c1)-n1c(C)c(C)c2c(N(c5ccccc5C)c5ccccc5C)ccc(c21)B4c1ccc(N(c2ccccc2C)c2ccccc2C)c2c(C)c(C)n-3c12. The molecule has 2 aliphatic rings. The standard InChI is InChI=1S/C59H51BN4/c1-34-26-27-44-43(32-34)33-53-56-57(44)62-42(9)40(7)55-52(64(49-24-16-12-20-37(49)4)50-25-17-13-21-38(50)5)31-29-46(59(55)62)60(56)45-28-30-51(54-39(6)41(8)61(53)58(45)54)63(47-22-14-10-18-35(47)2)48-23-15-11-19-36(48)3/h10-33H,1-9H3. The van der Waals surface area contributed by atoms with Crippen LogP contribution in [-0.4, -0.2) is 15.8 Å². The van der Waals surface area contributed by atoms with Crippen molar-refractivity contribution in [2.24, 2.45) is 0 Å². The Morgan fingerprint density at radius 1 is 0.406 bits per heavy atom. The van der Waals surface area contributed by atoms with Crippen molar-refractivity contribution in [3.05, 3.63) is 196 Å². The van der Waals surface area contributed by atoms with Gasteiger partial charge in [0.2, 0.25) is 0 Å². The zero-order valence-corrected chi connectivity index (χ0v) is 38.2. The van der Waals surface area contributed by atoms with Crippen molar-refractivity contribution in [1.29, 1.82) is 0 Å². The second-order valence-electron chi connectivity index (χ2n) is 18.5. The first-order valence-corrected chi connectivity index (χ1v) is 22.7. The van der Waals surface area contributed by atoms with Crippen molar-refractivity contribution >= 4 is 89.8 Å². The summed E-state index contributed by atoms with van der Waals surface area (Å²) in [5, 5.41) is 5.18.